The summed E-state index contributed by atoms with van der Waals surface area (Å²) in [5.41, 5.74) is 4.91. The third-order valence-corrected chi connectivity index (χ3v) is 4.03. The van der Waals surface area contributed by atoms with Crippen LogP contribution in [-0.4, -0.2) is 12.7 Å². The molecule has 118 valence electrons. The molecule has 0 unspecified atom stereocenters. The third-order valence-electron chi connectivity index (χ3n) is 4.03. The number of alkyl carbamates (subject to hydrolysis) is 1. The molecule has 2 aromatic carbocycles. The minimum atomic E-state index is -0.413. The van der Waals surface area contributed by atoms with Gasteiger partial charge < -0.3 is 4.74 Å². The summed E-state index contributed by atoms with van der Waals surface area (Å²) < 4.78 is 5.42. The van der Waals surface area contributed by atoms with Crippen LogP contribution in [0.4, 0.5) is 4.79 Å². The molecular formula is C20H21NO2. The van der Waals surface area contributed by atoms with Crippen LogP contribution in [0.25, 0.3) is 11.1 Å². The van der Waals surface area contributed by atoms with E-state index < -0.39 is 6.09 Å². The quantitative estimate of drug-likeness (QED) is 0.889. The molecule has 0 saturated heterocycles. The zero-order valence-electron chi connectivity index (χ0n) is 13.5. The van der Waals surface area contributed by atoms with E-state index in [2.05, 4.69) is 43.4 Å². The van der Waals surface area contributed by atoms with Gasteiger partial charge in [0.25, 0.3) is 0 Å². The standard InChI is InChI=1S/C20H21NO2/c1-14(2)11-12-21-20(22)23-13-19-17-9-5-3-7-15(17)16-8-4-6-10-18(16)19/h3-12,14,19H,13H2,1-2H3,(H,21,22)/b12-11+. The Balaban J connectivity index is 1.72. The van der Waals surface area contributed by atoms with Crippen LogP contribution >= 0.6 is 0 Å². The molecular weight excluding hydrogens is 286 g/mol. The number of amides is 1. The SMILES string of the molecule is CC(C)/C=C/NC(=O)OCC1c2ccccc2-c2ccccc21. The number of hydrogen-bond donors (Lipinski definition) is 1. The first-order valence-corrected chi connectivity index (χ1v) is 7.95. The number of hydrogen-bond acceptors (Lipinski definition) is 2. The highest BCUT2D eigenvalue weighted by molar-refractivity contribution is 5.79. The van der Waals surface area contributed by atoms with E-state index in [0.29, 0.717) is 12.5 Å². The first-order chi connectivity index (χ1) is 11.2. The topological polar surface area (TPSA) is 38.3 Å². The first-order valence-electron chi connectivity index (χ1n) is 7.95. The van der Waals surface area contributed by atoms with Crippen molar-refractivity contribution in [2.45, 2.75) is 19.8 Å². The molecule has 1 aliphatic rings. The van der Waals surface area contributed by atoms with Gasteiger partial charge in [-0.15, -0.1) is 0 Å². The van der Waals surface area contributed by atoms with Gasteiger partial charge in [-0.05, 0) is 28.2 Å². The van der Waals surface area contributed by atoms with Gasteiger partial charge in [0.15, 0.2) is 0 Å². The number of allylic oxidation sites excluding steroid dienone is 1. The summed E-state index contributed by atoms with van der Waals surface area (Å²) in [6, 6.07) is 16.6. The average Bonchev–Trinajstić information content (AvgIpc) is 2.87. The van der Waals surface area contributed by atoms with E-state index in [-0.39, 0.29) is 5.92 Å². The Labute approximate surface area is 137 Å². The second kappa shape index (κ2) is 6.69. The number of fused-ring (bicyclic) bond motifs is 3. The van der Waals surface area contributed by atoms with E-state index >= 15 is 0 Å². The molecule has 0 spiro atoms. The number of nitrogens with one attached hydrogen (secondary N) is 1. The van der Waals surface area contributed by atoms with Crippen LogP contribution < -0.4 is 5.32 Å². The van der Waals surface area contributed by atoms with Crippen molar-refractivity contribution in [1.29, 1.82) is 0 Å². The molecule has 0 fully saturated rings. The van der Waals surface area contributed by atoms with Crippen molar-refractivity contribution >= 4 is 6.09 Å². The van der Waals surface area contributed by atoms with Crippen LogP contribution in [0.2, 0.25) is 0 Å². The van der Waals surface area contributed by atoms with Crippen LogP contribution in [0.1, 0.15) is 30.9 Å². The zero-order chi connectivity index (χ0) is 16.2. The van der Waals surface area contributed by atoms with Crippen LogP contribution in [0.5, 0.6) is 0 Å². The van der Waals surface area contributed by atoms with Gasteiger partial charge in [-0.25, -0.2) is 4.79 Å². The van der Waals surface area contributed by atoms with Gasteiger partial charge in [0.2, 0.25) is 0 Å². The minimum Gasteiger partial charge on any atom is -0.448 e. The summed E-state index contributed by atoms with van der Waals surface area (Å²) in [4.78, 5) is 11.8. The molecule has 1 aliphatic carbocycles. The van der Waals surface area contributed by atoms with Gasteiger partial charge in [0.1, 0.15) is 6.61 Å². The summed E-state index contributed by atoms with van der Waals surface area (Å²) >= 11 is 0. The molecule has 3 rings (SSSR count). The smallest absolute Gasteiger partial charge is 0.411 e. The Morgan fingerprint density at radius 3 is 2.22 bits per heavy atom. The molecule has 3 heteroatoms. The van der Waals surface area contributed by atoms with Crippen molar-refractivity contribution in [2.75, 3.05) is 6.61 Å². The maximum absolute atomic E-state index is 11.8. The first kappa shape index (κ1) is 15.3. The van der Waals surface area contributed by atoms with E-state index in [1.54, 1.807) is 6.20 Å². The molecule has 0 heterocycles. The lowest BCUT2D eigenvalue weighted by molar-refractivity contribution is 0.147. The fourth-order valence-electron chi connectivity index (χ4n) is 2.95. The van der Waals surface area contributed by atoms with Gasteiger partial charge in [0, 0.05) is 12.1 Å². The second-order valence-electron chi connectivity index (χ2n) is 6.07. The van der Waals surface area contributed by atoms with Crippen molar-refractivity contribution in [3.63, 3.8) is 0 Å². The van der Waals surface area contributed by atoms with Gasteiger partial charge in [-0.3, -0.25) is 5.32 Å². The summed E-state index contributed by atoms with van der Waals surface area (Å²) in [6.45, 7) is 4.45. The van der Waals surface area contributed by atoms with Crippen molar-refractivity contribution < 1.29 is 9.53 Å². The Morgan fingerprint density at radius 2 is 1.65 bits per heavy atom. The van der Waals surface area contributed by atoms with Crippen molar-refractivity contribution in [1.82, 2.24) is 5.32 Å². The molecule has 0 aromatic heterocycles. The van der Waals surface area contributed by atoms with Crippen LogP contribution in [0.15, 0.2) is 60.8 Å². The van der Waals surface area contributed by atoms with Crippen molar-refractivity contribution in [3.05, 3.63) is 71.9 Å². The molecule has 0 aliphatic heterocycles. The molecule has 2 aromatic rings. The van der Waals surface area contributed by atoms with Gasteiger partial charge in [0.05, 0.1) is 0 Å². The van der Waals surface area contributed by atoms with E-state index in [1.165, 1.54) is 22.3 Å². The van der Waals surface area contributed by atoms with Crippen LogP contribution in [0, 0.1) is 5.92 Å². The Morgan fingerprint density at radius 1 is 1.09 bits per heavy atom. The lowest BCUT2D eigenvalue weighted by Gasteiger charge is -2.13. The average molecular weight is 307 g/mol. The highest BCUT2D eigenvalue weighted by atomic mass is 16.5. The summed E-state index contributed by atoms with van der Waals surface area (Å²) in [5.74, 6) is 0.492. The van der Waals surface area contributed by atoms with E-state index in [9.17, 15) is 4.79 Å². The lowest BCUT2D eigenvalue weighted by atomic mass is 9.98. The summed E-state index contributed by atoms with van der Waals surface area (Å²) in [7, 11) is 0. The Bertz CT molecular complexity index is 688. The predicted molar refractivity (Wildman–Crippen MR) is 92.2 cm³/mol. The zero-order valence-corrected chi connectivity index (χ0v) is 13.5. The Kier molecular flexibility index (Phi) is 4.47. The minimum absolute atomic E-state index is 0.0993. The molecule has 1 amide bonds. The summed E-state index contributed by atoms with van der Waals surface area (Å²) in [6.07, 6.45) is 3.15. The maximum Gasteiger partial charge on any atom is 0.411 e. The van der Waals surface area contributed by atoms with Gasteiger partial charge >= 0.3 is 6.09 Å². The fourth-order valence-corrected chi connectivity index (χ4v) is 2.95. The number of carbonyl (C=O) groups is 1. The molecule has 23 heavy (non-hydrogen) atoms. The number of benzene rings is 2. The van der Waals surface area contributed by atoms with Crippen molar-refractivity contribution in [2.24, 2.45) is 5.92 Å². The predicted octanol–water partition coefficient (Wildman–Crippen LogP) is 4.69. The normalized spacial score (nSPS) is 13.2. The molecule has 3 nitrogen and oxygen atoms in total. The highest BCUT2D eigenvalue weighted by Gasteiger charge is 2.28. The molecule has 0 saturated carbocycles. The van der Waals surface area contributed by atoms with Crippen LogP contribution in [0.3, 0.4) is 0 Å². The molecule has 0 bridgehead atoms. The van der Waals surface area contributed by atoms with E-state index in [4.69, 9.17) is 4.74 Å². The van der Waals surface area contributed by atoms with Crippen molar-refractivity contribution in [3.8, 4) is 11.1 Å². The molecule has 0 atom stereocenters. The maximum atomic E-state index is 11.8. The molecule has 1 N–H and O–H groups in total. The number of ether oxygens (including phenoxy) is 1. The number of rotatable bonds is 4. The molecule has 0 radical (unpaired) electrons. The van der Waals surface area contributed by atoms with E-state index in [1.807, 2.05) is 30.3 Å². The number of carbonyl (C=O) groups excluding carboxylic acids is 1. The second-order valence-corrected chi connectivity index (χ2v) is 6.07. The van der Waals surface area contributed by atoms with Gasteiger partial charge in [-0.1, -0.05) is 68.5 Å². The monoisotopic (exact) mass is 307 g/mol. The van der Waals surface area contributed by atoms with Crippen LogP contribution in [-0.2, 0) is 4.74 Å². The van der Waals surface area contributed by atoms with E-state index in [0.717, 1.165) is 0 Å². The Hall–Kier alpha value is -2.55. The summed E-state index contributed by atoms with van der Waals surface area (Å²) in [5, 5.41) is 2.64. The third kappa shape index (κ3) is 3.29. The van der Waals surface area contributed by atoms with Gasteiger partial charge in [-0.2, -0.15) is 0 Å². The lowest BCUT2D eigenvalue weighted by Crippen LogP contribution is -2.21. The highest BCUT2D eigenvalue weighted by Crippen LogP contribution is 2.44. The fraction of sp³-hybridized carbons (Fsp3) is 0.250. The largest absolute Gasteiger partial charge is 0.448 e.